The summed E-state index contributed by atoms with van der Waals surface area (Å²) in [5, 5.41) is 3.59. The van der Waals surface area contributed by atoms with E-state index in [2.05, 4.69) is 12.2 Å². The molecule has 1 atom stereocenters. The molecule has 1 aliphatic heterocycles. The summed E-state index contributed by atoms with van der Waals surface area (Å²) in [6, 6.07) is 0. The molecule has 4 nitrogen and oxygen atoms in total. The first-order valence-corrected chi connectivity index (χ1v) is 7.96. The number of ether oxygens (including phenoxy) is 1. The number of nitrogens with one attached hydrogen (secondary N) is 1. The summed E-state index contributed by atoms with van der Waals surface area (Å²) >= 11 is 0. The van der Waals surface area contributed by atoms with Crippen molar-refractivity contribution in [3.8, 4) is 0 Å². The van der Waals surface area contributed by atoms with E-state index in [1.54, 1.807) is 0 Å². The van der Waals surface area contributed by atoms with E-state index in [0.717, 1.165) is 38.5 Å². The van der Waals surface area contributed by atoms with Crippen LogP contribution in [0.1, 0.15) is 53.4 Å². The smallest absolute Gasteiger partial charge is 0.410 e. The van der Waals surface area contributed by atoms with Crippen LogP contribution >= 0.6 is 0 Å². The Labute approximate surface area is 123 Å². The third kappa shape index (κ3) is 4.97. The molecule has 1 N–H and O–H groups in total. The summed E-state index contributed by atoms with van der Waals surface area (Å²) in [6.45, 7) is 11.8. The monoisotopic (exact) mass is 282 g/mol. The SMILES string of the molecule is CC1(CNCC2CC2)CCCN(C(=O)OC(C)(C)C)C1. The first-order chi connectivity index (χ1) is 9.27. The molecule has 1 saturated heterocycles. The van der Waals surface area contributed by atoms with Crippen LogP contribution in [0.2, 0.25) is 0 Å². The van der Waals surface area contributed by atoms with Gasteiger partial charge >= 0.3 is 6.09 Å². The highest BCUT2D eigenvalue weighted by atomic mass is 16.6. The van der Waals surface area contributed by atoms with Crippen LogP contribution in [0.25, 0.3) is 0 Å². The molecular formula is C16H30N2O2. The highest BCUT2D eigenvalue weighted by molar-refractivity contribution is 5.68. The summed E-state index contributed by atoms with van der Waals surface area (Å²) in [6.07, 6.45) is 4.86. The molecule has 1 amide bonds. The second-order valence-electron chi connectivity index (χ2n) is 7.89. The highest BCUT2D eigenvalue weighted by Gasteiger charge is 2.35. The van der Waals surface area contributed by atoms with Gasteiger partial charge < -0.3 is 15.0 Å². The van der Waals surface area contributed by atoms with Gasteiger partial charge in [0.2, 0.25) is 0 Å². The number of piperidine rings is 1. The average molecular weight is 282 g/mol. The molecule has 0 aromatic heterocycles. The molecule has 116 valence electrons. The molecule has 0 spiro atoms. The largest absolute Gasteiger partial charge is 0.444 e. The zero-order valence-electron chi connectivity index (χ0n) is 13.5. The third-order valence-corrected chi connectivity index (χ3v) is 4.11. The average Bonchev–Trinajstić information content (AvgIpc) is 3.10. The van der Waals surface area contributed by atoms with Gasteiger partial charge in [0, 0.05) is 19.6 Å². The van der Waals surface area contributed by atoms with Crippen molar-refractivity contribution in [1.29, 1.82) is 0 Å². The van der Waals surface area contributed by atoms with Crippen molar-refractivity contribution < 1.29 is 9.53 Å². The molecule has 2 aliphatic rings. The molecule has 1 heterocycles. The van der Waals surface area contributed by atoms with Crippen molar-refractivity contribution >= 4 is 6.09 Å². The summed E-state index contributed by atoms with van der Waals surface area (Å²) in [5.41, 5.74) is -0.223. The Morgan fingerprint density at radius 3 is 2.70 bits per heavy atom. The van der Waals surface area contributed by atoms with Gasteiger partial charge in [-0.25, -0.2) is 4.79 Å². The second kappa shape index (κ2) is 5.92. The summed E-state index contributed by atoms with van der Waals surface area (Å²) < 4.78 is 5.49. The molecule has 2 rings (SSSR count). The van der Waals surface area contributed by atoms with Gasteiger partial charge in [-0.2, -0.15) is 0 Å². The number of rotatable bonds is 4. The van der Waals surface area contributed by atoms with Gasteiger partial charge in [0.05, 0.1) is 0 Å². The number of nitrogens with zero attached hydrogens (tertiary/aromatic N) is 1. The molecule has 0 bridgehead atoms. The van der Waals surface area contributed by atoms with E-state index in [1.807, 2.05) is 25.7 Å². The van der Waals surface area contributed by atoms with E-state index in [0.29, 0.717) is 0 Å². The standard InChI is InChI=1S/C16H30N2O2/c1-15(2,3)20-14(19)18-9-5-8-16(4,12-18)11-17-10-13-6-7-13/h13,17H,5-12H2,1-4H3. The molecule has 0 radical (unpaired) electrons. The van der Waals surface area contributed by atoms with E-state index < -0.39 is 5.60 Å². The number of hydrogen-bond acceptors (Lipinski definition) is 3. The number of carbonyl (C=O) groups excluding carboxylic acids is 1. The van der Waals surface area contributed by atoms with Crippen molar-refractivity contribution in [2.75, 3.05) is 26.2 Å². The quantitative estimate of drug-likeness (QED) is 0.862. The second-order valence-corrected chi connectivity index (χ2v) is 7.89. The minimum absolute atomic E-state index is 0.161. The van der Waals surface area contributed by atoms with Gasteiger partial charge in [-0.3, -0.25) is 0 Å². The Kier molecular flexibility index (Phi) is 4.62. The number of likely N-dealkylation sites (tertiary alicyclic amines) is 1. The molecule has 1 saturated carbocycles. The van der Waals surface area contributed by atoms with Crippen LogP contribution in [0.5, 0.6) is 0 Å². The van der Waals surface area contributed by atoms with Crippen molar-refractivity contribution in [2.45, 2.75) is 59.0 Å². The lowest BCUT2D eigenvalue weighted by Crippen LogP contribution is -2.50. The number of carbonyl (C=O) groups is 1. The van der Waals surface area contributed by atoms with E-state index in [1.165, 1.54) is 19.3 Å². The maximum absolute atomic E-state index is 12.2. The maximum Gasteiger partial charge on any atom is 0.410 e. The zero-order valence-corrected chi connectivity index (χ0v) is 13.5. The topological polar surface area (TPSA) is 41.6 Å². The van der Waals surface area contributed by atoms with Crippen LogP contribution in [0.15, 0.2) is 0 Å². The van der Waals surface area contributed by atoms with Gasteiger partial charge in [-0.15, -0.1) is 0 Å². The Morgan fingerprint density at radius 2 is 2.10 bits per heavy atom. The number of hydrogen-bond donors (Lipinski definition) is 1. The Bertz CT molecular complexity index is 347. The fourth-order valence-electron chi connectivity index (χ4n) is 2.84. The van der Waals surface area contributed by atoms with Crippen molar-refractivity contribution in [3.05, 3.63) is 0 Å². The van der Waals surface area contributed by atoms with Crippen molar-refractivity contribution in [2.24, 2.45) is 11.3 Å². The molecular weight excluding hydrogens is 252 g/mol. The lowest BCUT2D eigenvalue weighted by atomic mass is 9.82. The fraction of sp³-hybridized carbons (Fsp3) is 0.938. The van der Waals surface area contributed by atoms with Gasteiger partial charge in [-0.1, -0.05) is 6.92 Å². The molecule has 20 heavy (non-hydrogen) atoms. The maximum atomic E-state index is 12.2. The lowest BCUT2D eigenvalue weighted by Gasteiger charge is -2.41. The summed E-state index contributed by atoms with van der Waals surface area (Å²) in [7, 11) is 0. The predicted molar refractivity (Wildman–Crippen MR) is 80.7 cm³/mol. The molecule has 0 aromatic rings. The first kappa shape index (κ1) is 15.6. The van der Waals surface area contributed by atoms with E-state index >= 15 is 0 Å². The van der Waals surface area contributed by atoms with Crippen LogP contribution in [0, 0.1) is 11.3 Å². The third-order valence-electron chi connectivity index (χ3n) is 4.11. The predicted octanol–water partition coefficient (Wildman–Crippen LogP) is 3.02. The van der Waals surface area contributed by atoms with E-state index in [-0.39, 0.29) is 11.5 Å². The van der Waals surface area contributed by atoms with Crippen molar-refractivity contribution in [3.63, 3.8) is 0 Å². The molecule has 1 unspecified atom stereocenters. The van der Waals surface area contributed by atoms with Crippen molar-refractivity contribution in [1.82, 2.24) is 10.2 Å². The Hall–Kier alpha value is -0.770. The zero-order chi connectivity index (χ0) is 14.8. The highest BCUT2D eigenvalue weighted by Crippen LogP contribution is 2.31. The Balaban J connectivity index is 1.81. The fourth-order valence-corrected chi connectivity index (χ4v) is 2.84. The summed E-state index contributed by atoms with van der Waals surface area (Å²) in [5.74, 6) is 0.907. The van der Waals surface area contributed by atoms with Crippen LogP contribution in [0.4, 0.5) is 4.79 Å². The Morgan fingerprint density at radius 1 is 1.40 bits per heavy atom. The van der Waals surface area contributed by atoms with Gasteiger partial charge in [0.25, 0.3) is 0 Å². The lowest BCUT2D eigenvalue weighted by molar-refractivity contribution is 0.00679. The molecule has 2 fully saturated rings. The normalized spacial score (nSPS) is 27.5. The van der Waals surface area contributed by atoms with Gasteiger partial charge in [-0.05, 0) is 64.3 Å². The minimum Gasteiger partial charge on any atom is -0.444 e. The van der Waals surface area contributed by atoms with Crippen LogP contribution in [-0.4, -0.2) is 42.8 Å². The van der Waals surface area contributed by atoms with Gasteiger partial charge in [0.15, 0.2) is 0 Å². The van der Waals surface area contributed by atoms with Gasteiger partial charge in [0.1, 0.15) is 5.60 Å². The number of amides is 1. The molecule has 0 aromatic carbocycles. The van der Waals surface area contributed by atoms with Crippen LogP contribution in [-0.2, 0) is 4.74 Å². The molecule has 4 heteroatoms. The van der Waals surface area contributed by atoms with Crippen LogP contribution in [0.3, 0.4) is 0 Å². The minimum atomic E-state index is -0.408. The first-order valence-electron chi connectivity index (χ1n) is 7.96. The van der Waals surface area contributed by atoms with E-state index in [9.17, 15) is 4.79 Å². The summed E-state index contributed by atoms with van der Waals surface area (Å²) in [4.78, 5) is 14.1. The van der Waals surface area contributed by atoms with E-state index in [4.69, 9.17) is 4.74 Å². The van der Waals surface area contributed by atoms with Crippen LogP contribution < -0.4 is 5.32 Å². The molecule has 1 aliphatic carbocycles.